The van der Waals surface area contributed by atoms with Crippen LogP contribution in [-0.4, -0.2) is 36.5 Å². The highest BCUT2D eigenvalue weighted by atomic mass is 19.1. The van der Waals surface area contributed by atoms with Crippen molar-refractivity contribution in [3.8, 4) is 0 Å². The van der Waals surface area contributed by atoms with Crippen molar-refractivity contribution >= 4 is 17.6 Å². The Morgan fingerprint density at radius 3 is 2.65 bits per heavy atom. The molecule has 0 spiro atoms. The summed E-state index contributed by atoms with van der Waals surface area (Å²) >= 11 is 0. The van der Waals surface area contributed by atoms with Gasteiger partial charge in [-0.3, -0.25) is 9.69 Å². The molecule has 2 aromatic carbocycles. The van der Waals surface area contributed by atoms with Gasteiger partial charge in [-0.15, -0.1) is 0 Å². The van der Waals surface area contributed by atoms with Gasteiger partial charge in [0, 0.05) is 37.4 Å². The molecule has 0 saturated carbocycles. The van der Waals surface area contributed by atoms with E-state index >= 15 is 0 Å². The highest BCUT2D eigenvalue weighted by Gasteiger charge is 2.27. The highest BCUT2D eigenvalue weighted by Crippen LogP contribution is 2.22. The van der Waals surface area contributed by atoms with Gasteiger partial charge < -0.3 is 10.2 Å². The van der Waals surface area contributed by atoms with E-state index in [0.717, 1.165) is 12.0 Å². The number of rotatable bonds is 5. The van der Waals surface area contributed by atoms with Crippen LogP contribution in [0.3, 0.4) is 0 Å². The monoisotopic (exact) mass is 355 g/mol. The number of hydrogen-bond acceptors (Lipinski definition) is 2. The summed E-state index contributed by atoms with van der Waals surface area (Å²) < 4.78 is 13.1. The number of carbonyl (C=O) groups excluding carboxylic acids is 2. The van der Waals surface area contributed by atoms with Crippen molar-refractivity contribution in [1.82, 2.24) is 10.2 Å². The molecule has 136 valence electrons. The summed E-state index contributed by atoms with van der Waals surface area (Å²) in [6, 6.07) is 13.2. The fourth-order valence-corrected chi connectivity index (χ4v) is 3.06. The number of anilines is 1. The van der Waals surface area contributed by atoms with Gasteiger partial charge in [0.2, 0.25) is 0 Å². The smallest absolute Gasteiger partial charge is 0.324 e. The lowest BCUT2D eigenvalue weighted by molar-refractivity contribution is 0.0955. The van der Waals surface area contributed by atoms with E-state index in [-0.39, 0.29) is 17.8 Å². The minimum Gasteiger partial charge on any atom is -0.352 e. The molecule has 0 atom stereocenters. The van der Waals surface area contributed by atoms with E-state index in [4.69, 9.17) is 0 Å². The fraction of sp³-hybridized carbons (Fsp3) is 0.300. The molecule has 0 aliphatic carbocycles. The zero-order valence-electron chi connectivity index (χ0n) is 14.7. The van der Waals surface area contributed by atoms with E-state index in [1.807, 2.05) is 13.0 Å². The van der Waals surface area contributed by atoms with Crippen LogP contribution in [0.15, 0.2) is 48.5 Å². The predicted molar refractivity (Wildman–Crippen MR) is 98.6 cm³/mol. The number of benzene rings is 2. The second kappa shape index (κ2) is 7.99. The summed E-state index contributed by atoms with van der Waals surface area (Å²) in [5.41, 5.74) is 2.13. The number of halogens is 1. The van der Waals surface area contributed by atoms with Crippen molar-refractivity contribution in [2.24, 2.45) is 0 Å². The number of nitrogens with one attached hydrogen (secondary N) is 1. The molecule has 1 aliphatic rings. The first kappa shape index (κ1) is 17.9. The Balaban J connectivity index is 1.76. The van der Waals surface area contributed by atoms with Gasteiger partial charge >= 0.3 is 6.03 Å². The molecule has 1 fully saturated rings. The molecular formula is C20H22FN3O2. The maximum atomic E-state index is 13.1. The van der Waals surface area contributed by atoms with E-state index in [1.165, 1.54) is 12.1 Å². The normalized spacial score (nSPS) is 14.5. The second-order valence-corrected chi connectivity index (χ2v) is 6.25. The van der Waals surface area contributed by atoms with E-state index in [0.29, 0.717) is 37.4 Å². The SMILES string of the molecule is CCNC(=O)c1cccc(N2CCCN(Cc3ccc(F)cc3)C2=O)c1. The number of amides is 3. The van der Waals surface area contributed by atoms with Gasteiger partial charge in [0.05, 0.1) is 0 Å². The molecule has 0 bridgehead atoms. The first-order valence-electron chi connectivity index (χ1n) is 8.77. The van der Waals surface area contributed by atoms with Crippen LogP contribution in [0.5, 0.6) is 0 Å². The molecule has 0 aromatic heterocycles. The lowest BCUT2D eigenvalue weighted by Gasteiger charge is -2.35. The molecule has 1 N–H and O–H groups in total. The van der Waals surface area contributed by atoms with Gasteiger partial charge in [0.1, 0.15) is 5.82 Å². The lowest BCUT2D eigenvalue weighted by atomic mass is 10.1. The zero-order chi connectivity index (χ0) is 18.5. The largest absolute Gasteiger partial charge is 0.352 e. The van der Waals surface area contributed by atoms with Crippen molar-refractivity contribution in [3.05, 3.63) is 65.5 Å². The zero-order valence-corrected chi connectivity index (χ0v) is 14.7. The van der Waals surface area contributed by atoms with E-state index < -0.39 is 0 Å². The Morgan fingerprint density at radius 2 is 1.92 bits per heavy atom. The Morgan fingerprint density at radius 1 is 1.15 bits per heavy atom. The first-order valence-corrected chi connectivity index (χ1v) is 8.77. The Bertz CT molecular complexity index is 792. The summed E-state index contributed by atoms with van der Waals surface area (Å²) in [6.07, 6.45) is 0.832. The van der Waals surface area contributed by atoms with Crippen LogP contribution in [-0.2, 0) is 6.54 Å². The van der Waals surface area contributed by atoms with Gasteiger partial charge in [-0.1, -0.05) is 18.2 Å². The third kappa shape index (κ3) is 4.02. The van der Waals surface area contributed by atoms with Crippen molar-refractivity contribution in [2.45, 2.75) is 19.9 Å². The van der Waals surface area contributed by atoms with Crippen molar-refractivity contribution in [2.75, 3.05) is 24.5 Å². The Labute approximate surface area is 152 Å². The average Bonchev–Trinajstić information content (AvgIpc) is 2.65. The predicted octanol–water partition coefficient (Wildman–Crippen LogP) is 3.41. The molecule has 1 aliphatic heterocycles. The van der Waals surface area contributed by atoms with Crippen LogP contribution in [0, 0.1) is 5.82 Å². The minimum atomic E-state index is -0.289. The second-order valence-electron chi connectivity index (χ2n) is 6.25. The van der Waals surface area contributed by atoms with Gasteiger partial charge in [-0.25, -0.2) is 9.18 Å². The number of urea groups is 1. The molecule has 1 saturated heterocycles. The average molecular weight is 355 g/mol. The summed E-state index contributed by atoms with van der Waals surface area (Å²) in [5, 5.41) is 2.77. The van der Waals surface area contributed by atoms with Crippen molar-refractivity contribution in [1.29, 1.82) is 0 Å². The molecule has 0 radical (unpaired) electrons. The van der Waals surface area contributed by atoms with Crippen LogP contribution in [0.1, 0.15) is 29.3 Å². The van der Waals surface area contributed by atoms with Gasteiger partial charge in [0.25, 0.3) is 5.91 Å². The number of carbonyl (C=O) groups is 2. The molecule has 0 unspecified atom stereocenters. The van der Waals surface area contributed by atoms with Gasteiger partial charge in [-0.05, 0) is 49.2 Å². The maximum Gasteiger partial charge on any atom is 0.324 e. The Hall–Kier alpha value is -2.89. The van der Waals surface area contributed by atoms with Gasteiger partial charge in [0.15, 0.2) is 0 Å². The molecule has 2 aromatic rings. The molecule has 3 amide bonds. The highest BCUT2D eigenvalue weighted by molar-refractivity contribution is 5.97. The third-order valence-electron chi connectivity index (χ3n) is 4.36. The van der Waals surface area contributed by atoms with Crippen molar-refractivity contribution in [3.63, 3.8) is 0 Å². The number of hydrogen-bond donors (Lipinski definition) is 1. The molecule has 5 nitrogen and oxygen atoms in total. The maximum absolute atomic E-state index is 13.1. The summed E-state index contributed by atoms with van der Waals surface area (Å²) in [4.78, 5) is 28.4. The molecule has 1 heterocycles. The van der Waals surface area contributed by atoms with Crippen LogP contribution < -0.4 is 10.2 Å². The fourth-order valence-electron chi connectivity index (χ4n) is 3.06. The van der Waals surface area contributed by atoms with E-state index in [9.17, 15) is 14.0 Å². The Kier molecular flexibility index (Phi) is 5.51. The minimum absolute atomic E-state index is 0.103. The third-order valence-corrected chi connectivity index (χ3v) is 4.36. The van der Waals surface area contributed by atoms with E-state index in [1.54, 1.807) is 40.1 Å². The van der Waals surface area contributed by atoms with Crippen molar-refractivity contribution < 1.29 is 14.0 Å². The first-order chi connectivity index (χ1) is 12.6. The summed E-state index contributed by atoms with van der Waals surface area (Å²) in [6.45, 7) is 4.12. The molecule has 3 rings (SSSR count). The van der Waals surface area contributed by atoms with Crippen LogP contribution in [0.25, 0.3) is 0 Å². The molecule has 26 heavy (non-hydrogen) atoms. The molecular weight excluding hydrogens is 333 g/mol. The van der Waals surface area contributed by atoms with Crippen LogP contribution >= 0.6 is 0 Å². The molecule has 6 heteroatoms. The van der Waals surface area contributed by atoms with Crippen LogP contribution in [0.4, 0.5) is 14.9 Å². The van der Waals surface area contributed by atoms with Crippen LogP contribution in [0.2, 0.25) is 0 Å². The summed E-state index contributed by atoms with van der Waals surface area (Å²) in [5.74, 6) is -0.440. The number of nitrogens with zero attached hydrogens (tertiary/aromatic N) is 2. The van der Waals surface area contributed by atoms with Gasteiger partial charge in [-0.2, -0.15) is 0 Å². The topological polar surface area (TPSA) is 52.7 Å². The standard InChI is InChI=1S/C20H22FN3O2/c1-2-22-19(25)16-5-3-6-18(13-16)24-12-4-11-23(20(24)26)14-15-7-9-17(21)10-8-15/h3,5-10,13H,2,4,11-12,14H2,1H3,(H,22,25). The summed E-state index contributed by atoms with van der Waals surface area (Å²) in [7, 11) is 0. The lowest BCUT2D eigenvalue weighted by Crippen LogP contribution is -2.49. The quantitative estimate of drug-likeness (QED) is 0.894. The van der Waals surface area contributed by atoms with E-state index in [2.05, 4.69) is 5.32 Å².